The van der Waals surface area contributed by atoms with Gasteiger partial charge in [-0.1, -0.05) is 29.3 Å². The first-order chi connectivity index (χ1) is 13.0. The molecule has 1 heterocycles. The molecule has 0 unspecified atom stereocenters. The van der Waals surface area contributed by atoms with E-state index in [0.29, 0.717) is 32.2 Å². The third-order valence-corrected chi connectivity index (χ3v) is 4.62. The smallest absolute Gasteiger partial charge is 0.325 e. The fourth-order valence-corrected chi connectivity index (χ4v) is 3.20. The summed E-state index contributed by atoms with van der Waals surface area (Å²) in [6.07, 6.45) is 0.0868. The number of halogens is 2. The second-order valence-electron chi connectivity index (χ2n) is 5.47. The van der Waals surface area contributed by atoms with Crippen molar-refractivity contribution >= 4 is 63.0 Å². The summed E-state index contributed by atoms with van der Waals surface area (Å²) in [7, 11) is 0. The quantitative estimate of drug-likeness (QED) is 0.525. The summed E-state index contributed by atoms with van der Waals surface area (Å²) in [5, 5.41) is 11.3. The number of carbonyl (C=O) groups is 2. The van der Waals surface area contributed by atoms with Crippen molar-refractivity contribution < 1.29 is 9.59 Å². The van der Waals surface area contributed by atoms with Crippen LogP contribution in [0.15, 0.2) is 53.9 Å². The number of amides is 3. The minimum absolute atomic E-state index is 0.0868. The molecule has 0 saturated carbocycles. The van der Waals surface area contributed by atoms with Gasteiger partial charge in [-0.15, -0.1) is 11.3 Å². The summed E-state index contributed by atoms with van der Waals surface area (Å²) in [6.45, 7) is 0. The highest BCUT2D eigenvalue weighted by atomic mass is 35.5. The van der Waals surface area contributed by atoms with Crippen LogP contribution < -0.4 is 16.0 Å². The molecular weight excluding hydrogens is 407 g/mol. The molecule has 0 aliphatic carbocycles. The van der Waals surface area contributed by atoms with Gasteiger partial charge >= 0.3 is 6.03 Å². The van der Waals surface area contributed by atoms with Gasteiger partial charge in [0.1, 0.15) is 0 Å². The van der Waals surface area contributed by atoms with Crippen LogP contribution >= 0.6 is 34.5 Å². The predicted octanol–water partition coefficient (Wildman–Crippen LogP) is 5.28. The maximum Gasteiger partial charge on any atom is 0.325 e. The fourth-order valence-electron chi connectivity index (χ4n) is 2.17. The van der Waals surface area contributed by atoms with Gasteiger partial charge in [-0.05, 0) is 42.5 Å². The number of nitrogens with zero attached hydrogens (tertiary/aromatic N) is 1. The lowest BCUT2D eigenvalue weighted by Crippen LogP contribution is -2.19. The van der Waals surface area contributed by atoms with E-state index in [4.69, 9.17) is 23.2 Å². The first-order valence-corrected chi connectivity index (χ1v) is 9.45. The first-order valence-electron chi connectivity index (χ1n) is 7.81. The number of benzene rings is 2. The van der Waals surface area contributed by atoms with E-state index in [1.165, 1.54) is 11.3 Å². The van der Waals surface area contributed by atoms with Crippen molar-refractivity contribution in [1.82, 2.24) is 4.98 Å². The van der Waals surface area contributed by atoms with Gasteiger partial charge in [0.25, 0.3) is 0 Å². The average Bonchev–Trinajstić information content (AvgIpc) is 3.03. The van der Waals surface area contributed by atoms with E-state index in [0.717, 1.165) is 0 Å². The molecule has 0 fully saturated rings. The summed E-state index contributed by atoms with van der Waals surface area (Å²) in [5.74, 6) is -0.222. The molecule has 2 aromatic carbocycles. The minimum atomic E-state index is -0.429. The Morgan fingerprint density at radius 3 is 2.44 bits per heavy atom. The Labute approximate surface area is 169 Å². The summed E-state index contributed by atoms with van der Waals surface area (Å²) in [5.41, 5.74) is 1.78. The van der Waals surface area contributed by atoms with Crippen LogP contribution in [0, 0.1) is 0 Å². The van der Waals surface area contributed by atoms with E-state index in [-0.39, 0.29) is 12.3 Å². The van der Waals surface area contributed by atoms with Gasteiger partial charge in [-0.25, -0.2) is 9.78 Å². The number of carbonyl (C=O) groups excluding carboxylic acids is 2. The second-order valence-corrected chi connectivity index (χ2v) is 7.20. The fraction of sp³-hybridized carbons (Fsp3) is 0.0556. The largest absolute Gasteiger partial charge is 0.326 e. The van der Waals surface area contributed by atoms with Crippen molar-refractivity contribution in [2.75, 3.05) is 16.0 Å². The van der Waals surface area contributed by atoms with Gasteiger partial charge in [0, 0.05) is 26.8 Å². The van der Waals surface area contributed by atoms with E-state index < -0.39 is 6.03 Å². The Balaban J connectivity index is 1.52. The normalized spacial score (nSPS) is 10.3. The number of hydrogen-bond acceptors (Lipinski definition) is 4. The molecule has 9 heteroatoms. The van der Waals surface area contributed by atoms with Crippen LogP contribution in [0.1, 0.15) is 5.69 Å². The molecule has 6 nitrogen and oxygen atoms in total. The van der Waals surface area contributed by atoms with Gasteiger partial charge in [0.15, 0.2) is 5.13 Å². The van der Waals surface area contributed by atoms with Crippen LogP contribution in [-0.2, 0) is 11.2 Å². The number of thiazole rings is 1. The number of nitrogens with one attached hydrogen (secondary N) is 3. The molecule has 0 bridgehead atoms. The highest BCUT2D eigenvalue weighted by molar-refractivity contribution is 7.14. The molecule has 0 spiro atoms. The SMILES string of the molecule is O=C(Cc1csc(NC(=O)Nc2ccc(Cl)cc2)n1)Nc1cccc(Cl)c1. The number of urea groups is 1. The average molecular weight is 421 g/mol. The van der Waals surface area contributed by atoms with Crippen LogP contribution in [0.5, 0.6) is 0 Å². The van der Waals surface area contributed by atoms with E-state index in [9.17, 15) is 9.59 Å². The number of aromatic nitrogens is 1. The zero-order valence-corrected chi connectivity index (χ0v) is 16.2. The van der Waals surface area contributed by atoms with Crippen LogP contribution in [0.4, 0.5) is 21.3 Å². The molecule has 0 radical (unpaired) electrons. The molecule has 1 aromatic heterocycles. The highest BCUT2D eigenvalue weighted by Crippen LogP contribution is 2.19. The van der Waals surface area contributed by atoms with Crippen molar-refractivity contribution in [2.24, 2.45) is 0 Å². The Morgan fingerprint density at radius 2 is 1.70 bits per heavy atom. The van der Waals surface area contributed by atoms with Crippen molar-refractivity contribution in [1.29, 1.82) is 0 Å². The van der Waals surface area contributed by atoms with Gasteiger partial charge in [0.05, 0.1) is 12.1 Å². The predicted molar refractivity (Wildman–Crippen MR) is 110 cm³/mol. The second kappa shape index (κ2) is 8.85. The van der Waals surface area contributed by atoms with Gasteiger partial charge in [-0.2, -0.15) is 0 Å². The highest BCUT2D eigenvalue weighted by Gasteiger charge is 2.10. The van der Waals surface area contributed by atoms with E-state index in [1.54, 1.807) is 53.9 Å². The maximum atomic E-state index is 12.1. The summed E-state index contributed by atoms with van der Waals surface area (Å²) in [4.78, 5) is 28.3. The van der Waals surface area contributed by atoms with E-state index in [2.05, 4.69) is 20.9 Å². The van der Waals surface area contributed by atoms with Crippen molar-refractivity contribution in [2.45, 2.75) is 6.42 Å². The topological polar surface area (TPSA) is 83.1 Å². The Morgan fingerprint density at radius 1 is 0.926 bits per heavy atom. The lowest BCUT2D eigenvalue weighted by atomic mass is 10.3. The molecule has 0 aliphatic rings. The third kappa shape index (κ3) is 5.96. The Hall–Kier alpha value is -2.61. The number of hydrogen-bond donors (Lipinski definition) is 3. The first kappa shape index (κ1) is 19.2. The molecule has 0 atom stereocenters. The Bertz CT molecular complexity index is 960. The molecule has 138 valence electrons. The molecule has 27 heavy (non-hydrogen) atoms. The number of rotatable bonds is 5. The molecule has 3 N–H and O–H groups in total. The lowest BCUT2D eigenvalue weighted by Gasteiger charge is -2.05. The monoisotopic (exact) mass is 420 g/mol. The summed E-state index contributed by atoms with van der Waals surface area (Å²) >= 11 is 12.9. The maximum absolute atomic E-state index is 12.1. The van der Waals surface area contributed by atoms with Gasteiger partial charge in [-0.3, -0.25) is 10.1 Å². The van der Waals surface area contributed by atoms with Crippen molar-refractivity contribution in [3.05, 3.63) is 69.7 Å². The van der Waals surface area contributed by atoms with Crippen LogP contribution in [0.25, 0.3) is 0 Å². The molecule has 0 aliphatic heterocycles. The zero-order chi connectivity index (χ0) is 19.2. The van der Waals surface area contributed by atoms with Gasteiger partial charge < -0.3 is 10.6 Å². The van der Waals surface area contributed by atoms with E-state index in [1.807, 2.05) is 0 Å². The molecule has 3 aromatic rings. The summed E-state index contributed by atoms with van der Waals surface area (Å²) in [6, 6.07) is 13.2. The minimum Gasteiger partial charge on any atom is -0.326 e. The Kier molecular flexibility index (Phi) is 6.28. The van der Waals surface area contributed by atoms with Gasteiger partial charge in [0.2, 0.25) is 5.91 Å². The lowest BCUT2D eigenvalue weighted by molar-refractivity contribution is -0.115. The zero-order valence-electron chi connectivity index (χ0n) is 13.8. The van der Waals surface area contributed by atoms with E-state index >= 15 is 0 Å². The third-order valence-electron chi connectivity index (χ3n) is 3.32. The molecule has 0 saturated heterocycles. The van der Waals surface area contributed by atoms with Crippen LogP contribution in [-0.4, -0.2) is 16.9 Å². The van der Waals surface area contributed by atoms with Crippen LogP contribution in [0.2, 0.25) is 10.0 Å². The van der Waals surface area contributed by atoms with Crippen molar-refractivity contribution in [3.63, 3.8) is 0 Å². The molecule has 3 rings (SSSR count). The van der Waals surface area contributed by atoms with Crippen LogP contribution in [0.3, 0.4) is 0 Å². The van der Waals surface area contributed by atoms with Crippen molar-refractivity contribution in [3.8, 4) is 0 Å². The molecule has 3 amide bonds. The summed E-state index contributed by atoms with van der Waals surface area (Å²) < 4.78 is 0. The number of anilines is 3. The standard InChI is InChI=1S/C18H14Cl2N4O2S/c19-11-4-6-13(7-5-11)22-17(26)24-18-23-15(10-27-18)9-16(25)21-14-3-1-2-12(20)8-14/h1-8,10H,9H2,(H,21,25)(H2,22,23,24,26). The molecular formula is C18H14Cl2N4O2S.